The Morgan fingerprint density at radius 2 is 1.30 bits per heavy atom. The molecule has 5 aromatic rings. The van der Waals surface area contributed by atoms with E-state index in [0.717, 1.165) is 73.3 Å². The standard InChI is InChI=1S/C37H37N4O2/c1(2-6-22-36-40(32-18-8-10-20-34(32)42-36)30-16-28-38-24-12-4-13-25-38)3-7-23-37-41(33-19-9-11-21-35(33)43-37)31-17-29-39-26-14-5-15-27-39/h1-15,18-27H,16-17,28-31H2/q+3. The molecule has 0 radical (unpaired) electrons. The summed E-state index contributed by atoms with van der Waals surface area (Å²) in [6.45, 7) is 3.65. The molecule has 0 fully saturated rings. The second-order valence-corrected chi connectivity index (χ2v) is 10.3. The van der Waals surface area contributed by atoms with Crippen molar-refractivity contribution in [3.05, 3.63) is 158 Å². The first-order valence-electron chi connectivity index (χ1n) is 14.9. The van der Waals surface area contributed by atoms with Crippen LogP contribution < -0.4 is 23.3 Å². The minimum absolute atomic E-state index is 0.844. The molecule has 6 nitrogen and oxygen atoms in total. The van der Waals surface area contributed by atoms with E-state index in [9.17, 15) is 0 Å². The predicted molar refractivity (Wildman–Crippen MR) is 169 cm³/mol. The number of hydrogen-bond donors (Lipinski definition) is 0. The van der Waals surface area contributed by atoms with Crippen molar-refractivity contribution in [1.29, 1.82) is 0 Å². The third-order valence-corrected chi connectivity index (χ3v) is 7.35. The summed E-state index contributed by atoms with van der Waals surface area (Å²) in [6.07, 6.45) is 24.6. The number of allylic oxidation sites excluding steroid dienone is 6. The minimum atomic E-state index is 0.844. The van der Waals surface area contributed by atoms with Crippen LogP contribution in [0.1, 0.15) is 18.7 Å². The molecular weight excluding hydrogens is 532 g/mol. The lowest BCUT2D eigenvalue weighted by molar-refractivity contribution is -0.719. The van der Waals surface area contributed by atoms with Crippen LogP contribution in [0.3, 0.4) is 0 Å². The number of aryl methyl sites for hydroxylation is 3. The number of fused-ring (bicyclic) bond motifs is 2. The van der Waals surface area contributed by atoms with Crippen LogP contribution in [0.5, 0.6) is 5.75 Å². The zero-order chi connectivity index (χ0) is 29.1. The van der Waals surface area contributed by atoms with Crippen molar-refractivity contribution < 1.29 is 22.9 Å². The molecule has 3 aromatic heterocycles. The highest BCUT2D eigenvalue weighted by Gasteiger charge is 2.25. The molecule has 0 N–H and O–H groups in total. The molecule has 1 aliphatic heterocycles. The predicted octanol–water partition coefficient (Wildman–Crippen LogP) is 6.34. The quantitative estimate of drug-likeness (QED) is 0.130. The molecule has 0 aliphatic carbocycles. The third-order valence-electron chi connectivity index (χ3n) is 7.35. The van der Waals surface area contributed by atoms with Gasteiger partial charge in [0.25, 0.3) is 5.52 Å². The van der Waals surface area contributed by atoms with Crippen molar-refractivity contribution in [3.8, 4) is 5.75 Å². The number of oxazole rings is 1. The van der Waals surface area contributed by atoms with Crippen molar-refractivity contribution in [1.82, 2.24) is 0 Å². The van der Waals surface area contributed by atoms with Crippen molar-refractivity contribution in [2.75, 3.05) is 11.4 Å². The topological polar surface area (TPSA) is 37.2 Å². The van der Waals surface area contributed by atoms with E-state index in [0.29, 0.717) is 0 Å². The Morgan fingerprint density at radius 3 is 2.12 bits per heavy atom. The molecule has 0 bridgehead atoms. The molecule has 0 amide bonds. The maximum atomic E-state index is 6.18. The Balaban J connectivity index is 1.08. The second kappa shape index (κ2) is 14.1. The van der Waals surface area contributed by atoms with E-state index < -0.39 is 0 Å². The zero-order valence-electron chi connectivity index (χ0n) is 24.3. The molecule has 1 aliphatic rings. The monoisotopic (exact) mass is 569 g/mol. The molecule has 0 unspecified atom stereocenters. The smallest absolute Gasteiger partial charge is 0.374 e. The van der Waals surface area contributed by atoms with E-state index in [1.54, 1.807) is 0 Å². The van der Waals surface area contributed by atoms with Crippen LogP contribution in [0.4, 0.5) is 5.69 Å². The number of ether oxygens (including phenoxy) is 1. The number of benzene rings is 2. The Bertz CT molecular complexity index is 1750. The molecule has 6 heteroatoms. The normalized spacial score (nSPS) is 14.0. The SMILES string of the molecule is C(/C=C/C=C/C=C/c1oc2ccccc2[n+]1CCC[n+]1ccccc1)=C1/Oc2ccccc2N1CCC[n+]1ccccc1. The van der Waals surface area contributed by atoms with Gasteiger partial charge >= 0.3 is 5.89 Å². The van der Waals surface area contributed by atoms with Gasteiger partial charge in [0, 0.05) is 43.3 Å². The van der Waals surface area contributed by atoms with Crippen LogP contribution in [0.15, 0.2) is 156 Å². The lowest BCUT2D eigenvalue weighted by Crippen LogP contribution is -2.39. The van der Waals surface area contributed by atoms with Crippen LogP contribution in [0.2, 0.25) is 0 Å². The number of nitrogens with zero attached hydrogens (tertiary/aromatic N) is 4. The van der Waals surface area contributed by atoms with Gasteiger partial charge in [0.05, 0.1) is 18.2 Å². The molecule has 43 heavy (non-hydrogen) atoms. The average molecular weight is 570 g/mol. The summed E-state index contributed by atoms with van der Waals surface area (Å²) in [5, 5.41) is 0. The maximum Gasteiger partial charge on any atom is 0.374 e. The van der Waals surface area contributed by atoms with Crippen molar-refractivity contribution in [3.63, 3.8) is 0 Å². The molecule has 0 atom stereocenters. The van der Waals surface area contributed by atoms with Gasteiger partial charge in [0.15, 0.2) is 43.6 Å². The van der Waals surface area contributed by atoms with Gasteiger partial charge in [-0.3, -0.25) is 0 Å². The summed E-state index contributed by atoms with van der Waals surface area (Å²) in [5.74, 6) is 2.59. The summed E-state index contributed by atoms with van der Waals surface area (Å²) in [5.41, 5.74) is 3.12. The first-order chi connectivity index (χ1) is 21.3. The van der Waals surface area contributed by atoms with Gasteiger partial charge in [-0.05, 0) is 24.3 Å². The zero-order valence-corrected chi connectivity index (χ0v) is 24.3. The van der Waals surface area contributed by atoms with Crippen LogP contribution in [-0.4, -0.2) is 6.54 Å². The summed E-state index contributed by atoms with van der Waals surface area (Å²) in [6, 6.07) is 28.8. The van der Waals surface area contributed by atoms with Gasteiger partial charge < -0.3 is 14.1 Å². The fourth-order valence-electron chi connectivity index (χ4n) is 5.27. The molecule has 0 saturated carbocycles. The lowest BCUT2D eigenvalue weighted by atomic mass is 10.2. The fourth-order valence-corrected chi connectivity index (χ4v) is 5.27. The molecule has 0 saturated heterocycles. The van der Waals surface area contributed by atoms with Crippen LogP contribution in [-0.2, 0) is 19.6 Å². The lowest BCUT2D eigenvalue weighted by Gasteiger charge is -2.17. The second-order valence-electron chi connectivity index (χ2n) is 10.3. The van der Waals surface area contributed by atoms with E-state index in [1.165, 1.54) is 0 Å². The highest BCUT2D eigenvalue weighted by molar-refractivity contribution is 5.69. The Labute approximate surface area is 253 Å². The number of anilines is 1. The van der Waals surface area contributed by atoms with Gasteiger partial charge in [0.2, 0.25) is 11.5 Å². The third kappa shape index (κ3) is 7.16. The summed E-state index contributed by atoms with van der Waals surface area (Å²) >= 11 is 0. The van der Waals surface area contributed by atoms with E-state index >= 15 is 0 Å². The van der Waals surface area contributed by atoms with E-state index in [1.807, 2.05) is 78.9 Å². The van der Waals surface area contributed by atoms with Gasteiger partial charge in [-0.1, -0.05) is 66.8 Å². The Morgan fingerprint density at radius 1 is 0.628 bits per heavy atom. The van der Waals surface area contributed by atoms with Crippen molar-refractivity contribution in [2.45, 2.75) is 32.5 Å². The molecule has 4 heterocycles. The van der Waals surface area contributed by atoms with Gasteiger partial charge in [-0.25, -0.2) is 9.13 Å². The molecular formula is C37H37N4O2+3. The van der Waals surface area contributed by atoms with Gasteiger partial charge in [0.1, 0.15) is 6.54 Å². The first-order valence-corrected chi connectivity index (χ1v) is 14.9. The molecule has 6 rings (SSSR count). The van der Waals surface area contributed by atoms with E-state index in [-0.39, 0.29) is 0 Å². The van der Waals surface area contributed by atoms with Crippen molar-refractivity contribution in [2.24, 2.45) is 0 Å². The molecule has 0 spiro atoms. The van der Waals surface area contributed by atoms with Crippen LogP contribution in [0, 0.1) is 0 Å². The van der Waals surface area contributed by atoms with Crippen LogP contribution in [0.25, 0.3) is 17.2 Å². The summed E-state index contributed by atoms with van der Waals surface area (Å²) in [7, 11) is 0. The number of rotatable bonds is 12. The highest BCUT2D eigenvalue weighted by atomic mass is 16.5. The number of hydrogen-bond acceptors (Lipinski definition) is 3. The van der Waals surface area contributed by atoms with E-state index in [2.05, 4.69) is 91.9 Å². The molecule has 214 valence electrons. The average Bonchev–Trinajstić information content (AvgIpc) is 3.59. The minimum Gasteiger partial charge on any atom is -0.439 e. The first kappa shape index (κ1) is 27.9. The molecule has 2 aromatic carbocycles. The maximum absolute atomic E-state index is 6.18. The van der Waals surface area contributed by atoms with Crippen molar-refractivity contribution >= 4 is 22.9 Å². The number of aromatic nitrogens is 3. The number of para-hydroxylation sites is 4. The highest BCUT2D eigenvalue weighted by Crippen LogP contribution is 2.38. The number of pyridine rings is 2. The van der Waals surface area contributed by atoms with Gasteiger partial charge in [-0.15, -0.1) is 0 Å². The van der Waals surface area contributed by atoms with E-state index in [4.69, 9.17) is 9.15 Å². The Hall–Kier alpha value is -5.23. The fraction of sp³-hybridized carbons (Fsp3) is 0.162. The largest absolute Gasteiger partial charge is 0.439 e. The van der Waals surface area contributed by atoms with Crippen LogP contribution >= 0.6 is 0 Å². The summed E-state index contributed by atoms with van der Waals surface area (Å²) in [4.78, 5) is 2.25. The summed E-state index contributed by atoms with van der Waals surface area (Å²) < 4.78 is 19.0. The van der Waals surface area contributed by atoms with Gasteiger partial charge in [-0.2, -0.15) is 4.57 Å². The Kier molecular flexibility index (Phi) is 9.15.